The maximum Gasteiger partial charge on any atom is 0.281 e. The number of nitrogens with two attached hydrogens (primary N) is 1. The number of piperidine rings is 1. The zero-order valence-electron chi connectivity index (χ0n) is 10.4. The Morgan fingerprint density at radius 3 is 2.71 bits per heavy atom. The maximum atomic E-state index is 10.5. The van der Waals surface area contributed by atoms with E-state index in [1.165, 1.54) is 11.1 Å². The van der Waals surface area contributed by atoms with E-state index in [0.29, 0.717) is 13.3 Å². The highest BCUT2D eigenvalue weighted by atomic mass is 16.1. The highest BCUT2D eigenvalue weighted by molar-refractivity contribution is 6.64. The molecule has 0 radical (unpaired) electrons. The van der Waals surface area contributed by atoms with Gasteiger partial charge in [-0.2, -0.15) is 0 Å². The third-order valence-corrected chi connectivity index (χ3v) is 3.65. The molecule has 0 unspecified atom stereocenters. The van der Waals surface area contributed by atoms with Crippen LogP contribution in [0.25, 0.3) is 0 Å². The van der Waals surface area contributed by atoms with Gasteiger partial charge >= 0.3 is 0 Å². The van der Waals surface area contributed by atoms with E-state index in [1.807, 2.05) is 12.1 Å². The third kappa shape index (κ3) is 2.89. The number of benzene rings is 1. The van der Waals surface area contributed by atoms with Gasteiger partial charge in [-0.3, -0.25) is 0 Å². The number of hydrogen-bond acceptors (Lipinski definition) is 3. The van der Waals surface area contributed by atoms with E-state index >= 15 is 0 Å². The van der Waals surface area contributed by atoms with Crippen molar-refractivity contribution >= 4 is 19.3 Å². The van der Waals surface area contributed by atoms with Gasteiger partial charge in [0, 0.05) is 5.69 Å². The van der Waals surface area contributed by atoms with E-state index in [2.05, 4.69) is 17.8 Å². The van der Waals surface area contributed by atoms with Crippen molar-refractivity contribution < 1.29 is 4.79 Å². The first-order chi connectivity index (χ1) is 8.20. The first kappa shape index (κ1) is 12.2. The molecule has 0 bridgehead atoms. The molecule has 1 saturated heterocycles. The fourth-order valence-electron chi connectivity index (χ4n) is 2.69. The van der Waals surface area contributed by atoms with Crippen molar-refractivity contribution in [1.82, 2.24) is 4.81 Å². The number of carbonyl (C=O) groups excluding carboxylic acids is 1. The van der Waals surface area contributed by atoms with Crippen LogP contribution >= 0.6 is 0 Å². The minimum atomic E-state index is 0.577. The monoisotopic (exact) mass is 230 g/mol. The van der Waals surface area contributed by atoms with Gasteiger partial charge in [-0.05, 0) is 62.0 Å². The molecule has 1 aromatic carbocycles. The molecule has 1 aromatic rings. The summed E-state index contributed by atoms with van der Waals surface area (Å²) in [5.41, 5.74) is 9.32. The molecule has 90 valence electrons. The Labute approximate surface area is 103 Å². The number of aryl methyl sites for hydroxylation is 1. The molecular formula is C13H19BN2O. The zero-order valence-corrected chi connectivity index (χ0v) is 10.4. The lowest BCUT2D eigenvalue weighted by atomic mass is 9.82. The summed E-state index contributed by atoms with van der Waals surface area (Å²) in [4.78, 5) is 12.7. The van der Waals surface area contributed by atoms with Crippen molar-refractivity contribution in [1.29, 1.82) is 0 Å². The number of rotatable bonds is 3. The van der Waals surface area contributed by atoms with Crippen LogP contribution < -0.4 is 5.73 Å². The Balaban J connectivity index is 2.02. The predicted octanol–water partition coefficient (Wildman–Crippen LogP) is 1.30. The molecule has 0 atom stereocenters. The Bertz CT molecular complexity index is 400. The average molecular weight is 230 g/mol. The van der Waals surface area contributed by atoms with Crippen molar-refractivity contribution in [2.75, 3.05) is 18.8 Å². The quantitative estimate of drug-likeness (QED) is 0.483. The molecule has 1 heterocycles. The fourth-order valence-corrected chi connectivity index (χ4v) is 2.69. The highest BCUT2D eigenvalue weighted by Crippen LogP contribution is 2.30. The van der Waals surface area contributed by atoms with Gasteiger partial charge in [0.25, 0.3) is 7.41 Å². The van der Waals surface area contributed by atoms with Crippen LogP contribution in [0, 0.1) is 6.92 Å². The summed E-state index contributed by atoms with van der Waals surface area (Å²) in [6.07, 6.45) is 3.27. The van der Waals surface area contributed by atoms with Crippen LogP contribution in [0.2, 0.25) is 0 Å². The molecule has 1 aliphatic heterocycles. The molecule has 4 heteroatoms. The summed E-state index contributed by atoms with van der Waals surface area (Å²) in [5.74, 6) is 0.624. The van der Waals surface area contributed by atoms with Crippen LogP contribution in [0.15, 0.2) is 18.2 Å². The maximum absolute atomic E-state index is 10.5. The lowest BCUT2D eigenvalue weighted by Gasteiger charge is -2.31. The largest absolute Gasteiger partial charge is 0.399 e. The zero-order chi connectivity index (χ0) is 12.3. The van der Waals surface area contributed by atoms with E-state index < -0.39 is 0 Å². The molecule has 1 fully saturated rings. The first-order valence-electron chi connectivity index (χ1n) is 6.22. The molecule has 3 nitrogen and oxygen atoms in total. The Morgan fingerprint density at radius 1 is 1.41 bits per heavy atom. The van der Waals surface area contributed by atoms with Crippen LogP contribution in [0.1, 0.15) is 29.9 Å². The summed E-state index contributed by atoms with van der Waals surface area (Å²) >= 11 is 0. The van der Waals surface area contributed by atoms with Crippen LogP contribution in [0.4, 0.5) is 5.69 Å². The second-order valence-corrected chi connectivity index (χ2v) is 4.86. The summed E-state index contributed by atoms with van der Waals surface area (Å²) < 4.78 is 0. The Morgan fingerprint density at radius 2 is 2.12 bits per heavy atom. The number of carbonyl (C=O) groups is 1. The second-order valence-electron chi connectivity index (χ2n) is 4.86. The summed E-state index contributed by atoms with van der Waals surface area (Å²) in [6, 6.07) is 6.19. The molecule has 0 aliphatic carbocycles. The summed E-state index contributed by atoms with van der Waals surface area (Å²) in [5, 5.41) is 0. The van der Waals surface area contributed by atoms with Crippen LogP contribution in [0.5, 0.6) is 0 Å². The van der Waals surface area contributed by atoms with Gasteiger partial charge in [0.1, 0.15) is 0 Å². The van der Waals surface area contributed by atoms with Gasteiger partial charge in [-0.1, -0.05) is 6.07 Å². The molecule has 0 aromatic heterocycles. The van der Waals surface area contributed by atoms with Gasteiger partial charge in [0.05, 0.1) is 6.19 Å². The Kier molecular flexibility index (Phi) is 3.84. The lowest BCUT2D eigenvalue weighted by molar-refractivity contribution is 0.330. The molecule has 2 N–H and O–H groups in total. The van der Waals surface area contributed by atoms with Gasteiger partial charge < -0.3 is 15.3 Å². The molecule has 0 spiro atoms. The van der Waals surface area contributed by atoms with E-state index in [9.17, 15) is 4.79 Å². The van der Waals surface area contributed by atoms with Crippen LogP contribution in [-0.4, -0.2) is 31.5 Å². The van der Waals surface area contributed by atoms with E-state index in [4.69, 9.17) is 5.73 Å². The second kappa shape index (κ2) is 5.36. The Hall–Kier alpha value is -1.29. The third-order valence-electron chi connectivity index (χ3n) is 3.65. The predicted molar refractivity (Wildman–Crippen MR) is 73.0 cm³/mol. The van der Waals surface area contributed by atoms with Crippen LogP contribution in [0.3, 0.4) is 0 Å². The molecule has 0 amide bonds. The van der Waals surface area contributed by atoms with E-state index in [0.717, 1.165) is 37.8 Å². The van der Waals surface area contributed by atoms with Crippen molar-refractivity contribution in [3.05, 3.63) is 29.3 Å². The van der Waals surface area contributed by atoms with E-state index in [1.54, 1.807) is 0 Å². The number of hydrogen-bond donors (Lipinski definition) is 1. The summed E-state index contributed by atoms with van der Waals surface area (Å²) in [7, 11) is 0.577. The first-order valence-corrected chi connectivity index (χ1v) is 6.22. The molecule has 17 heavy (non-hydrogen) atoms. The molecule has 0 saturated carbocycles. The van der Waals surface area contributed by atoms with Crippen molar-refractivity contribution in [3.8, 4) is 0 Å². The number of anilines is 1. The van der Waals surface area contributed by atoms with Gasteiger partial charge in [0.2, 0.25) is 0 Å². The minimum Gasteiger partial charge on any atom is -0.399 e. The summed E-state index contributed by atoms with van der Waals surface area (Å²) in [6.45, 7) is 4.17. The minimum absolute atomic E-state index is 0.577. The molecule has 1 aliphatic rings. The molecule has 2 rings (SSSR count). The normalized spacial score (nSPS) is 17.9. The van der Waals surface area contributed by atoms with Crippen molar-refractivity contribution in [2.24, 2.45) is 0 Å². The van der Waals surface area contributed by atoms with Crippen molar-refractivity contribution in [3.63, 3.8) is 0 Å². The fraction of sp³-hybridized carbons (Fsp3) is 0.462. The van der Waals surface area contributed by atoms with E-state index in [-0.39, 0.29) is 0 Å². The number of nitrogen functional groups attached to an aromatic ring is 1. The standard InChI is InChI=1S/C13H19BN2O/c1-10-8-12(15)2-3-13(10)11-4-6-16(7-5-11)14-9-17/h2-3,8-9,11,14H,4-7,15H2,1H3. The van der Waals surface area contributed by atoms with Gasteiger partial charge in [-0.25, -0.2) is 0 Å². The number of nitrogens with zero attached hydrogens (tertiary/aromatic N) is 1. The SMILES string of the molecule is Cc1cc(N)ccc1C1CCN(BC=O)CC1. The smallest absolute Gasteiger partial charge is 0.281 e. The molecular weight excluding hydrogens is 211 g/mol. The van der Waals surface area contributed by atoms with Crippen LogP contribution in [-0.2, 0) is 4.79 Å². The van der Waals surface area contributed by atoms with Crippen molar-refractivity contribution in [2.45, 2.75) is 25.7 Å². The van der Waals surface area contributed by atoms with Gasteiger partial charge in [-0.15, -0.1) is 0 Å². The average Bonchev–Trinajstić information content (AvgIpc) is 2.31. The topological polar surface area (TPSA) is 46.3 Å². The van der Waals surface area contributed by atoms with Gasteiger partial charge in [0.15, 0.2) is 0 Å². The lowest BCUT2D eigenvalue weighted by Crippen LogP contribution is -2.36. The highest BCUT2D eigenvalue weighted by Gasteiger charge is 2.21.